The summed E-state index contributed by atoms with van der Waals surface area (Å²) in [6.45, 7) is 9.17. The fourth-order valence-corrected chi connectivity index (χ4v) is 9.35. The Labute approximate surface area is 444 Å². The van der Waals surface area contributed by atoms with Crippen LogP contribution in [0.15, 0.2) is 58.5 Å². The van der Waals surface area contributed by atoms with Crippen LogP contribution in [-0.2, 0) is 20.4 Å². The maximum Gasteiger partial charge on any atom is 0.0634 e. The van der Waals surface area contributed by atoms with Gasteiger partial charge >= 0.3 is 0 Å². The number of nitrogens with zero attached hydrogens (tertiary/aromatic N) is 2. The van der Waals surface area contributed by atoms with Gasteiger partial charge in [-0.1, -0.05) is 283 Å². The van der Waals surface area contributed by atoms with E-state index in [-0.39, 0.29) is 20.4 Å². The zero-order valence-corrected chi connectivity index (χ0v) is 47.5. The van der Waals surface area contributed by atoms with E-state index in [9.17, 15) is 0 Å². The fourth-order valence-electron chi connectivity index (χ4n) is 9.35. The minimum atomic E-state index is 0. The van der Waals surface area contributed by atoms with Crippen molar-refractivity contribution in [1.29, 1.82) is 0 Å². The van der Waals surface area contributed by atoms with Crippen LogP contribution in [-0.4, -0.2) is 11.4 Å². The Hall–Kier alpha value is -2.44. The SMILES string of the molecule is CCCCCCCCCCCCCCCCCCC#Cc1ccc(N=C(CCCC)C(CCCCCCCC)=Nc2ccc(C#CCCCCCCCCCCCCCCCCCC)cc2)cc1.[Pd]. The summed E-state index contributed by atoms with van der Waals surface area (Å²) in [6.07, 6.45) is 58.7. The second-order valence-corrected chi connectivity index (χ2v) is 20.5. The summed E-state index contributed by atoms with van der Waals surface area (Å²) >= 11 is 0. The molecular weight excluding hydrogens is 927 g/mol. The Balaban J connectivity index is 0.0000238. The Morgan fingerprint density at radius 2 is 0.522 bits per heavy atom. The van der Waals surface area contributed by atoms with Crippen molar-refractivity contribution in [2.75, 3.05) is 0 Å². The van der Waals surface area contributed by atoms with Gasteiger partial charge in [-0.05, 0) is 87.1 Å². The Morgan fingerprint density at radius 1 is 0.290 bits per heavy atom. The molecule has 0 bridgehead atoms. The van der Waals surface area contributed by atoms with Crippen LogP contribution in [0, 0.1) is 23.7 Å². The molecule has 3 heteroatoms. The van der Waals surface area contributed by atoms with Crippen molar-refractivity contribution in [2.24, 2.45) is 9.98 Å². The predicted octanol–water partition coefficient (Wildman–Crippen LogP) is 22.5. The summed E-state index contributed by atoms with van der Waals surface area (Å²) in [5, 5.41) is 0. The van der Waals surface area contributed by atoms with Gasteiger partial charge in [0.25, 0.3) is 0 Å². The van der Waals surface area contributed by atoms with E-state index in [1.54, 1.807) is 0 Å². The molecule has 0 fully saturated rings. The zero-order chi connectivity index (χ0) is 48.5. The fraction of sp³-hybridized carbons (Fsp3) is 0.727. The minimum Gasteiger partial charge on any atom is -0.252 e. The standard InChI is InChI=1S/C66H108N2.Pd/c1-5-9-13-16-19-21-23-25-27-29-31-33-35-37-39-41-43-46-49-61-53-57-63(58-54-61)67-65(51-12-8-4)66(52-48-45-18-15-11-7-3)68-64-59-55-62(56-60-64)50-47-44-42-40-38-36-34-32-30-28-26-24-22-20-17-14-10-6-2;/h53-60H,5-45,48,51-52H2,1-4H3;. The molecule has 392 valence electrons. The van der Waals surface area contributed by atoms with Crippen molar-refractivity contribution < 1.29 is 20.4 Å². The van der Waals surface area contributed by atoms with Crippen molar-refractivity contribution in [3.8, 4) is 23.7 Å². The molecule has 2 aromatic carbocycles. The van der Waals surface area contributed by atoms with Gasteiger partial charge in [0.05, 0.1) is 22.8 Å². The number of hydrogen-bond donors (Lipinski definition) is 0. The molecule has 0 aromatic heterocycles. The first-order chi connectivity index (χ1) is 33.7. The van der Waals surface area contributed by atoms with E-state index in [1.807, 2.05) is 0 Å². The molecule has 0 radical (unpaired) electrons. The first-order valence-electron chi connectivity index (χ1n) is 30.0. The van der Waals surface area contributed by atoms with Crippen LogP contribution in [0.5, 0.6) is 0 Å². The third-order valence-corrected chi connectivity index (χ3v) is 13.9. The summed E-state index contributed by atoms with van der Waals surface area (Å²) in [4.78, 5) is 10.6. The molecule has 0 atom stereocenters. The van der Waals surface area contributed by atoms with Crippen molar-refractivity contribution >= 4 is 22.8 Å². The average Bonchev–Trinajstić information content (AvgIpc) is 3.36. The predicted molar refractivity (Wildman–Crippen MR) is 307 cm³/mol. The maximum absolute atomic E-state index is 5.31. The minimum absolute atomic E-state index is 0. The van der Waals surface area contributed by atoms with Gasteiger partial charge in [-0.3, -0.25) is 9.98 Å². The zero-order valence-electron chi connectivity index (χ0n) is 45.9. The summed E-state index contributed by atoms with van der Waals surface area (Å²) < 4.78 is 0. The van der Waals surface area contributed by atoms with Crippen molar-refractivity contribution in [3.63, 3.8) is 0 Å². The molecule has 0 aliphatic heterocycles. The van der Waals surface area contributed by atoms with Gasteiger partial charge in [0.15, 0.2) is 0 Å². The third-order valence-electron chi connectivity index (χ3n) is 13.9. The van der Waals surface area contributed by atoms with E-state index in [2.05, 4.69) is 99.9 Å². The summed E-state index contributed by atoms with van der Waals surface area (Å²) in [5.74, 6) is 13.8. The smallest absolute Gasteiger partial charge is 0.0634 e. The van der Waals surface area contributed by atoms with E-state index < -0.39 is 0 Å². The van der Waals surface area contributed by atoms with E-state index in [1.165, 1.54) is 238 Å². The molecule has 0 N–H and O–H groups in total. The molecular formula is C66H108N2Pd. The number of hydrogen-bond acceptors (Lipinski definition) is 2. The van der Waals surface area contributed by atoms with Gasteiger partial charge in [-0.15, -0.1) is 0 Å². The van der Waals surface area contributed by atoms with Crippen molar-refractivity contribution in [3.05, 3.63) is 59.7 Å². The first-order valence-corrected chi connectivity index (χ1v) is 30.0. The van der Waals surface area contributed by atoms with Crippen LogP contribution in [0.2, 0.25) is 0 Å². The van der Waals surface area contributed by atoms with Gasteiger partial charge in [0, 0.05) is 44.4 Å². The molecule has 0 unspecified atom stereocenters. The van der Waals surface area contributed by atoms with Gasteiger partial charge in [-0.25, -0.2) is 0 Å². The molecule has 0 amide bonds. The number of rotatable bonds is 45. The topological polar surface area (TPSA) is 24.7 Å². The second-order valence-electron chi connectivity index (χ2n) is 20.5. The van der Waals surface area contributed by atoms with Crippen molar-refractivity contribution in [2.45, 2.75) is 310 Å². The monoisotopic (exact) mass is 1030 g/mol. The summed E-state index contributed by atoms with van der Waals surface area (Å²) in [5.41, 5.74) is 6.48. The quantitative estimate of drug-likeness (QED) is 0.0273. The van der Waals surface area contributed by atoms with Crippen LogP contribution in [0.4, 0.5) is 11.4 Å². The molecule has 2 rings (SSSR count). The molecule has 0 saturated carbocycles. The molecule has 0 aliphatic rings. The van der Waals surface area contributed by atoms with Crippen molar-refractivity contribution in [1.82, 2.24) is 0 Å². The van der Waals surface area contributed by atoms with Crippen LogP contribution in [0.3, 0.4) is 0 Å². The Kier molecular flexibility index (Phi) is 47.3. The molecule has 0 saturated heterocycles. The summed E-state index contributed by atoms with van der Waals surface area (Å²) in [7, 11) is 0. The molecule has 0 spiro atoms. The van der Waals surface area contributed by atoms with Crippen LogP contribution < -0.4 is 0 Å². The van der Waals surface area contributed by atoms with Crippen LogP contribution in [0.1, 0.15) is 321 Å². The maximum atomic E-state index is 5.31. The van der Waals surface area contributed by atoms with E-state index in [0.717, 1.165) is 78.9 Å². The Morgan fingerprint density at radius 3 is 0.797 bits per heavy atom. The normalized spacial score (nSPS) is 11.5. The molecule has 2 nitrogen and oxygen atoms in total. The average molecular weight is 1040 g/mol. The Bertz CT molecular complexity index is 1600. The largest absolute Gasteiger partial charge is 0.252 e. The summed E-state index contributed by atoms with van der Waals surface area (Å²) in [6, 6.07) is 17.2. The number of unbranched alkanes of at least 4 members (excludes halogenated alkanes) is 38. The molecule has 2 aromatic rings. The molecule has 0 heterocycles. The second kappa shape index (κ2) is 50.5. The van der Waals surface area contributed by atoms with Crippen LogP contribution in [0.25, 0.3) is 0 Å². The van der Waals surface area contributed by atoms with Gasteiger partial charge in [0.2, 0.25) is 0 Å². The van der Waals surface area contributed by atoms with Gasteiger partial charge in [0.1, 0.15) is 0 Å². The number of aliphatic imine (C=N–C) groups is 2. The van der Waals surface area contributed by atoms with Gasteiger partial charge in [-0.2, -0.15) is 0 Å². The number of benzene rings is 2. The first kappa shape index (κ1) is 64.6. The molecule has 0 aliphatic carbocycles. The van der Waals surface area contributed by atoms with E-state index >= 15 is 0 Å². The van der Waals surface area contributed by atoms with E-state index in [4.69, 9.17) is 9.98 Å². The third kappa shape index (κ3) is 39.8. The molecule has 69 heavy (non-hydrogen) atoms. The van der Waals surface area contributed by atoms with E-state index in [0.29, 0.717) is 0 Å². The van der Waals surface area contributed by atoms with Crippen LogP contribution >= 0.6 is 0 Å². The van der Waals surface area contributed by atoms with Gasteiger partial charge < -0.3 is 0 Å².